The minimum Gasteiger partial charge on any atom is -0.508 e. The van der Waals surface area contributed by atoms with Crippen molar-refractivity contribution in [2.45, 2.75) is 26.4 Å². The van der Waals surface area contributed by atoms with E-state index in [1.54, 1.807) is 36.4 Å². The first-order valence-corrected chi connectivity index (χ1v) is 7.11. The van der Waals surface area contributed by atoms with E-state index in [9.17, 15) is 9.90 Å². The van der Waals surface area contributed by atoms with Gasteiger partial charge in [0.15, 0.2) is 0 Å². The summed E-state index contributed by atoms with van der Waals surface area (Å²) in [5, 5.41) is 11.2. The lowest BCUT2D eigenvalue weighted by atomic mass is 10.1. The molecular formula is C17H20O4. The summed E-state index contributed by atoms with van der Waals surface area (Å²) in [6.45, 7) is 4.82. The summed E-state index contributed by atoms with van der Waals surface area (Å²) >= 11 is 0. The second kappa shape index (κ2) is 7.09. The van der Waals surface area contributed by atoms with Crippen molar-refractivity contribution in [1.29, 1.82) is 0 Å². The summed E-state index contributed by atoms with van der Waals surface area (Å²) in [5.74, 6) is -0.156. The number of carbonyl (C=O) groups excluding carboxylic acids is 1. The third kappa shape index (κ3) is 4.20. The summed E-state index contributed by atoms with van der Waals surface area (Å²) in [7, 11) is 0. The van der Waals surface area contributed by atoms with Crippen LogP contribution >= 0.6 is 0 Å². The molecular weight excluding hydrogens is 268 g/mol. The molecule has 2 rings (SSSR count). The van der Waals surface area contributed by atoms with E-state index in [4.69, 9.17) is 9.47 Å². The van der Waals surface area contributed by atoms with Gasteiger partial charge in [-0.1, -0.05) is 19.1 Å². The number of carbonyl (C=O) groups is 1. The van der Waals surface area contributed by atoms with E-state index in [1.165, 1.54) is 0 Å². The molecule has 2 aromatic rings. The zero-order chi connectivity index (χ0) is 15.2. The molecule has 0 aliphatic heterocycles. The second-order valence-electron chi connectivity index (χ2n) is 5.03. The fraction of sp³-hybridized carbons (Fsp3) is 0.353. The highest BCUT2D eigenvalue weighted by atomic mass is 16.6. The van der Waals surface area contributed by atoms with Gasteiger partial charge in [-0.05, 0) is 48.4 Å². The predicted octanol–water partition coefficient (Wildman–Crippen LogP) is 3.52. The molecule has 0 spiro atoms. The molecule has 112 valence electrons. The van der Waals surface area contributed by atoms with Crippen molar-refractivity contribution in [3.05, 3.63) is 42.0 Å². The molecule has 1 N–H and O–H groups in total. The Morgan fingerprint density at radius 2 is 1.90 bits per heavy atom. The largest absolute Gasteiger partial charge is 0.508 e. The van der Waals surface area contributed by atoms with Gasteiger partial charge >= 0.3 is 5.97 Å². The smallest absolute Gasteiger partial charge is 0.338 e. The van der Waals surface area contributed by atoms with Crippen LogP contribution in [0.1, 0.15) is 30.6 Å². The molecule has 1 atom stereocenters. The van der Waals surface area contributed by atoms with Crippen molar-refractivity contribution >= 4 is 16.7 Å². The fourth-order valence-corrected chi connectivity index (χ4v) is 2.00. The summed E-state index contributed by atoms with van der Waals surface area (Å²) in [6.07, 6.45) is 0.835. The highest BCUT2D eigenvalue weighted by molar-refractivity contribution is 5.95. The van der Waals surface area contributed by atoms with E-state index in [1.807, 2.05) is 13.8 Å². The Hall–Kier alpha value is -2.07. The Balaban J connectivity index is 2.01. The maximum atomic E-state index is 12.0. The number of rotatable bonds is 6. The second-order valence-corrected chi connectivity index (χ2v) is 5.03. The summed E-state index contributed by atoms with van der Waals surface area (Å²) in [4.78, 5) is 12.0. The molecule has 0 fully saturated rings. The van der Waals surface area contributed by atoms with Crippen LogP contribution in [-0.2, 0) is 9.47 Å². The molecule has 0 bridgehead atoms. The van der Waals surface area contributed by atoms with Gasteiger partial charge < -0.3 is 14.6 Å². The minimum absolute atomic E-state index is 0.105. The average Bonchev–Trinajstić information content (AvgIpc) is 2.49. The third-order valence-corrected chi connectivity index (χ3v) is 3.12. The average molecular weight is 288 g/mol. The summed E-state index contributed by atoms with van der Waals surface area (Å²) in [6, 6.07) is 10.3. The van der Waals surface area contributed by atoms with E-state index in [-0.39, 0.29) is 24.4 Å². The number of ether oxygens (including phenoxy) is 2. The molecule has 0 unspecified atom stereocenters. The maximum absolute atomic E-state index is 12.0. The van der Waals surface area contributed by atoms with Gasteiger partial charge in [-0.2, -0.15) is 0 Å². The number of aromatic hydroxyl groups is 1. The van der Waals surface area contributed by atoms with Crippen LogP contribution in [0.15, 0.2) is 36.4 Å². The molecule has 0 radical (unpaired) electrons. The van der Waals surface area contributed by atoms with Gasteiger partial charge in [0, 0.05) is 6.61 Å². The zero-order valence-corrected chi connectivity index (χ0v) is 12.3. The highest BCUT2D eigenvalue weighted by Crippen LogP contribution is 2.21. The molecule has 21 heavy (non-hydrogen) atoms. The van der Waals surface area contributed by atoms with Gasteiger partial charge in [0.1, 0.15) is 12.4 Å². The molecule has 0 saturated carbocycles. The number of hydrogen-bond acceptors (Lipinski definition) is 4. The Bertz CT molecular complexity index is 621. The molecule has 0 amide bonds. The lowest BCUT2D eigenvalue weighted by Gasteiger charge is -2.13. The van der Waals surface area contributed by atoms with Crippen LogP contribution < -0.4 is 0 Å². The van der Waals surface area contributed by atoms with Crippen molar-refractivity contribution in [3.63, 3.8) is 0 Å². The van der Waals surface area contributed by atoms with E-state index >= 15 is 0 Å². The van der Waals surface area contributed by atoms with Crippen LogP contribution in [0.3, 0.4) is 0 Å². The van der Waals surface area contributed by atoms with Gasteiger partial charge in [0.05, 0.1) is 11.7 Å². The van der Waals surface area contributed by atoms with E-state index in [0.29, 0.717) is 12.2 Å². The highest BCUT2D eigenvalue weighted by Gasteiger charge is 2.10. The summed E-state index contributed by atoms with van der Waals surface area (Å²) in [5.41, 5.74) is 0.496. The Labute approximate surface area is 124 Å². The van der Waals surface area contributed by atoms with Crippen molar-refractivity contribution in [2.24, 2.45) is 0 Å². The van der Waals surface area contributed by atoms with Crippen LogP contribution in [0.4, 0.5) is 0 Å². The Morgan fingerprint density at radius 3 is 2.67 bits per heavy atom. The SMILES string of the molecule is CCCO[C@@H](C)COC(=O)c1ccc2cc(O)ccc2c1. The molecule has 4 heteroatoms. The normalized spacial score (nSPS) is 12.3. The van der Waals surface area contributed by atoms with Crippen LogP contribution in [-0.4, -0.2) is 30.4 Å². The monoisotopic (exact) mass is 288 g/mol. The van der Waals surface area contributed by atoms with Crippen molar-refractivity contribution < 1.29 is 19.4 Å². The number of hydrogen-bond donors (Lipinski definition) is 1. The predicted molar refractivity (Wildman–Crippen MR) is 81.6 cm³/mol. The number of fused-ring (bicyclic) bond motifs is 1. The lowest BCUT2D eigenvalue weighted by molar-refractivity contribution is -0.000126. The van der Waals surface area contributed by atoms with Crippen molar-refractivity contribution in [2.75, 3.05) is 13.2 Å². The number of phenolic OH excluding ortho intramolecular Hbond substituents is 1. The first-order valence-electron chi connectivity index (χ1n) is 7.11. The molecule has 0 aliphatic rings. The lowest BCUT2D eigenvalue weighted by Crippen LogP contribution is -2.19. The van der Waals surface area contributed by atoms with Crippen LogP contribution in [0.5, 0.6) is 5.75 Å². The number of esters is 1. The molecule has 0 heterocycles. The van der Waals surface area contributed by atoms with Crippen LogP contribution in [0.25, 0.3) is 10.8 Å². The molecule has 0 aromatic heterocycles. The zero-order valence-electron chi connectivity index (χ0n) is 12.3. The van der Waals surface area contributed by atoms with Crippen molar-refractivity contribution in [1.82, 2.24) is 0 Å². The van der Waals surface area contributed by atoms with Crippen LogP contribution in [0, 0.1) is 0 Å². The van der Waals surface area contributed by atoms with E-state index in [2.05, 4.69) is 0 Å². The van der Waals surface area contributed by atoms with Crippen molar-refractivity contribution in [3.8, 4) is 5.75 Å². The first kappa shape index (κ1) is 15.3. The van der Waals surface area contributed by atoms with Gasteiger partial charge in [-0.25, -0.2) is 4.79 Å². The van der Waals surface area contributed by atoms with E-state index < -0.39 is 0 Å². The Kier molecular flexibility index (Phi) is 5.17. The third-order valence-electron chi connectivity index (χ3n) is 3.12. The quantitative estimate of drug-likeness (QED) is 0.826. The van der Waals surface area contributed by atoms with Gasteiger partial charge in [-0.3, -0.25) is 0 Å². The molecule has 2 aromatic carbocycles. The first-order chi connectivity index (χ1) is 10.1. The molecule has 0 saturated heterocycles. The Morgan fingerprint density at radius 1 is 1.19 bits per heavy atom. The maximum Gasteiger partial charge on any atom is 0.338 e. The van der Waals surface area contributed by atoms with Gasteiger partial charge in [0.25, 0.3) is 0 Å². The van der Waals surface area contributed by atoms with Crippen LogP contribution in [0.2, 0.25) is 0 Å². The fourth-order valence-electron chi connectivity index (χ4n) is 2.00. The summed E-state index contributed by atoms with van der Waals surface area (Å²) < 4.78 is 10.7. The molecule has 4 nitrogen and oxygen atoms in total. The number of benzene rings is 2. The number of phenols is 1. The minimum atomic E-state index is -0.364. The standard InChI is InChI=1S/C17H20O4/c1-3-8-20-12(2)11-21-17(19)15-5-4-14-10-16(18)7-6-13(14)9-15/h4-7,9-10,12,18H,3,8,11H2,1-2H3/t12-/m0/s1. The van der Waals surface area contributed by atoms with Gasteiger partial charge in [-0.15, -0.1) is 0 Å². The topological polar surface area (TPSA) is 55.8 Å². The molecule has 0 aliphatic carbocycles. The van der Waals surface area contributed by atoms with E-state index in [0.717, 1.165) is 17.2 Å². The van der Waals surface area contributed by atoms with Gasteiger partial charge in [0.2, 0.25) is 0 Å².